The zero-order chi connectivity index (χ0) is 10.8. The quantitative estimate of drug-likeness (QED) is 0.581. The van der Waals surface area contributed by atoms with E-state index in [2.05, 4.69) is 10.1 Å². The molecule has 0 bridgehead atoms. The molecule has 2 heterocycles. The molecule has 0 amide bonds. The Bertz CT molecular complexity index is 501. The summed E-state index contributed by atoms with van der Waals surface area (Å²) in [6, 6.07) is 6.19. The van der Waals surface area contributed by atoms with Gasteiger partial charge in [0.25, 0.3) is 5.56 Å². The molecule has 0 aliphatic heterocycles. The number of nitrogens with one attached hydrogen (secondary N) is 1. The molecule has 2 rings (SSSR count). The Morgan fingerprint density at radius 1 is 1.40 bits per heavy atom. The SMILES string of the molecule is O=c1cc(C(O)O)[nH]n1-c1ccccn1. The first kappa shape index (κ1) is 9.63. The van der Waals surface area contributed by atoms with Crippen molar-refractivity contribution in [2.45, 2.75) is 6.29 Å². The molecule has 15 heavy (non-hydrogen) atoms. The monoisotopic (exact) mass is 207 g/mol. The molecular formula is C9H9N3O3. The largest absolute Gasteiger partial charge is 0.363 e. The van der Waals surface area contributed by atoms with E-state index in [-0.39, 0.29) is 5.69 Å². The smallest absolute Gasteiger partial charge is 0.273 e. The zero-order valence-corrected chi connectivity index (χ0v) is 7.66. The van der Waals surface area contributed by atoms with Crippen LogP contribution in [0, 0.1) is 0 Å². The number of hydrogen-bond acceptors (Lipinski definition) is 4. The van der Waals surface area contributed by atoms with E-state index in [0.29, 0.717) is 5.82 Å². The van der Waals surface area contributed by atoms with Gasteiger partial charge in [-0.05, 0) is 12.1 Å². The zero-order valence-electron chi connectivity index (χ0n) is 7.66. The summed E-state index contributed by atoms with van der Waals surface area (Å²) in [7, 11) is 0. The van der Waals surface area contributed by atoms with Gasteiger partial charge in [0.2, 0.25) is 0 Å². The molecule has 2 aromatic heterocycles. The van der Waals surface area contributed by atoms with Gasteiger partial charge in [0.05, 0.1) is 5.69 Å². The first-order valence-corrected chi connectivity index (χ1v) is 4.28. The van der Waals surface area contributed by atoms with Crippen LogP contribution in [0.2, 0.25) is 0 Å². The van der Waals surface area contributed by atoms with E-state index in [1.54, 1.807) is 18.2 Å². The third-order valence-corrected chi connectivity index (χ3v) is 1.90. The van der Waals surface area contributed by atoms with Gasteiger partial charge in [-0.3, -0.25) is 9.89 Å². The summed E-state index contributed by atoms with van der Waals surface area (Å²) in [5.41, 5.74) is -0.359. The van der Waals surface area contributed by atoms with Crippen molar-refractivity contribution in [1.29, 1.82) is 0 Å². The van der Waals surface area contributed by atoms with E-state index >= 15 is 0 Å². The lowest BCUT2D eigenvalue weighted by atomic mass is 10.4. The van der Waals surface area contributed by atoms with Crippen LogP contribution in [-0.4, -0.2) is 25.0 Å². The van der Waals surface area contributed by atoms with E-state index in [9.17, 15) is 4.79 Å². The lowest BCUT2D eigenvalue weighted by molar-refractivity contribution is -0.0460. The van der Waals surface area contributed by atoms with Crippen LogP contribution in [0.15, 0.2) is 35.3 Å². The van der Waals surface area contributed by atoms with Crippen LogP contribution in [0.4, 0.5) is 0 Å². The Kier molecular flexibility index (Phi) is 2.36. The maximum Gasteiger partial charge on any atom is 0.273 e. The highest BCUT2D eigenvalue weighted by Gasteiger charge is 2.09. The standard InChI is InChI=1S/C9H9N3O3/c13-8-5-6(9(14)15)11-12(8)7-3-1-2-4-10-7/h1-5,9,11,14-15H. The molecule has 0 spiro atoms. The Balaban J connectivity index is 2.50. The predicted octanol–water partition coefficient (Wildman–Crippen LogP) is -0.456. The summed E-state index contributed by atoms with van der Waals surface area (Å²) in [6.45, 7) is 0. The normalized spacial score (nSPS) is 10.9. The van der Waals surface area contributed by atoms with Gasteiger partial charge in [0, 0.05) is 12.3 Å². The molecule has 78 valence electrons. The average molecular weight is 207 g/mol. The molecule has 0 unspecified atom stereocenters. The van der Waals surface area contributed by atoms with Crippen LogP contribution in [0.5, 0.6) is 0 Å². The topological polar surface area (TPSA) is 91.1 Å². The van der Waals surface area contributed by atoms with Crippen molar-refractivity contribution >= 4 is 0 Å². The van der Waals surface area contributed by atoms with Crippen LogP contribution >= 0.6 is 0 Å². The van der Waals surface area contributed by atoms with Crippen LogP contribution < -0.4 is 5.56 Å². The summed E-state index contributed by atoms with van der Waals surface area (Å²) in [5, 5.41) is 20.3. The predicted molar refractivity (Wildman–Crippen MR) is 51.4 cm³/mol. The van der Waals surface area contributed by atoms with Gasteiger partial charge in [0.1, 0.15) is 0 Å². The number of H-pyrrole nitrogens is 1. The molecule has 0 aliphatic rings. The number of aromatic amines is 1. The number of pyridine rings is 1. The van der Waals surface area contributed by atoms with Gasteiger partial charge < -0.3 is 10.2 Å². The van der Waals surface area contributed by atoms with Gasteiger partial charge in [-0.2, -0.15) is 0 Å². The average Bonchev–Trinajstić information content (AvgIpc) is 2.62. The van der Waals surface area contributed by atoms with Crippen molar-refractivity contribution in [2.24, 2.45) is 0 Å². The molecule has 6 nitrogen and oxygen atoms in total. The Hall–Kier alpha value is -1.92. The summed E-state index contributed by atoms with van der Waals surface area (Å²) in [4.78, 5) is 15.4. The van der Waals surface area contributed by atoms with Gasteiger partial charge >= 0.3 is 0 Å². The van der Waals surface area contributed by atoms with Crippen LogP contribution in [0.25, 0.3) is 5.82 Å². The number of aromatic nitrogens is 3. The molecule has 2 aromatic rings. The lowest BCUT2D eigenvalue weighted by Crippen LogP contribution is -2.14. The molecule has 6 heteroatoms. The van der Waals surface area contributed by atoms with Crippen molar-refractivity contribution < 1.29 is 10.2 Å². The minimum Gasteiger partial charge on any atom is -0.363 e. The number of hydrogen-bond donors (Lipinski definition) is 3. The summed E-state index contributed by atoms with van der Waals surface area (Å²) in [5.74, 6) is 0.398. The minimum atomic E-state index is -1.69. The first-order chi connectivity index (χ1) is 7.18. The van der Waals surface area contributed by atoms with Crippen LogP contribution in [0.3, 0.4) is 0 Å². The third kappa shape index (κ3) is 1.80. The van der Waals surface area contributed by atoms with E-state index in [4.69, 9.17) is 10.2 Å². The Morgan fingerprint density at radius 2 is 2.20 bits per heavy atom. The van der Waals surface area contributed by atoms with Gasteiger partial charge in [-0.15, -0.1) is 0 Å². The highest BCUT2D eigenvalue weighted by Crippen LogP contribution is 2.05. The van der Waals surface area contributed by atoms with Crippen molar-refractivity contribution in [1.82, 2.24) is 14.8 Å². The molecule has 0 radical (unpaired) electrons. The molecule has 0 atom stereocenters. The first-order valence-electron chi connectivity index (χ1n) is 4.28. The summed E-state index contributed by atoms with van der Waals surface area (Å²) in [6.07, 6.45) is -0.153. The molecule has 3 N–H and O–H groups in total. The third-order valence-electron chi connectivity index (χ3n) is 1.90. The second kappa shape index (κ2) is 3.68. The molecule has 0 aromatic carbocycles. The van der Waals surface area contributed by atoms with Crippen LogP contribution in [-0.2, 0) is 0 Å². The Morgan fingerprint density at radius 3 is 2.73 bits per heavy atom. The summed E-state index contributed by atoms with van der Waals surface area (Å²) >= 11 is 0. The number of aliphatic hydroxyl groups is 2. The molecule has 0 fully saturated rings. The fraction of sp³-hybridized carbons (Fsp3) is 0.111. The van der Waals surface area contributed by atoms with Crippen molar-refractivity contribution in [3.8, 4) is 5.82 Å². The molecule has 0 saturated carbocycles. The van der Waals surface area contributed by atoms with Gasteiger partial charge in [-0.25, -0.2) is 9.67 Å². The van der Waals surface area contributed by atoms with E-state index < -0.39 is 11.8 Å². The fourth-order valence-electron chi connectivity index (χ4n) is 1.20. The maximum absolute atomic E-state index is 11.4. The lowest BCUT2D eigenvalue weighted by Gasteiger charge is -2.00. The molecular weight excluding hydrogens is 198 g/mol. The van der Waals surface area contributed by atoms with Crippen molar-refractivity contribution in [3.63, 3.8) is 0 Å². The van der Waals surface area contributed by atoms with E-state index in [1.165, 1.54) is 6.20 Å². The second-order valence-electron chi connectivity index (χ2n) is 2.95. The highest BCUT2D eigenvalue weighted by atomic mass is 16.5. The van der Waals surface area contributed by atoms with Gasteiger partial charge in [-0.1, -0.05) is 6.07 Å². The van der Waals surface area contributed by atoms with Crippen molar-refractivity contribution in [2.75, 3.05) is 0 Å². The van der Waals surface area contributed by atoms with E-state index in [1.807, 2.05) is 0 Å². The molecule has 0 aliphatic carbocycles. The summed E-state index contributed by atoms with van der Waals surface area (Å²) < 4.78 is 1.13. The Labute approximate surface area is 84.4 Å². The molecule has 0 saturated heterocycles. The fourth-order valence-corrected chi connectivity index (χ4v) is 1.20. The maximum atomic E-state index is 11.4. The van der Waals surface area contributed by atoms with Gasteiger partial charge in [0.15, 0.2) is 12.1 Å². The number of rotatable bonds is 2. The minimum absolute atomic E-state index is 0.0330. The number of nitrogens with zero attached hydrogens (tertiary/aromatic N) is 2. The van der Waals surface area contributed by atoms with E-state index in [0.717, 1.165) is 10.7 Å². The van der Waals surface area contributed by atoms with Crippen LogP contribution in [0.1, 0.15) is 12.0 Å². The highest BCUT2D eigenvalue weighted by molar-refractivity contribution is 5.21. The second-order valence-corrected chi connectivity index (χ2v) is 2.95. The number of aliphatic hydroxyl groups excluding tert-OH is 1. The van der Waals surface area contributed by atoms with Crippen molar-refractivity contribution in [3.05, 3.63) is 46.5 Å².